The van der Waals surface area contributed by atoms with Gasteiger partial charge in [-0.2, -0.15) is 4.72 Å². The molecule has 0 bridgehead atoms. The molecule has 2 aromatic carbocycles. The molecular weight excluding hydrogens is 420 g/mol. The normalized spacial score (nSPS) is 16.7. The molecule has 0 unspecified atom stereocenters. The Morgan fingerprint density at radius 3 is 2.09 bits per heavy atom. The van der Waals surface area contributed by atoms with Crippen LogP contribution in [-0.2, 0) is 21.2 Å². The van der Waals surface area contributed by atoms with Crippen molar-refractivity contribution >= 4 is 15.9 Å². The van der Waals surface area contributed by atoms with Crippen molar-refractivity contribution in [2.24, 2.45) is 0 Å². The van der Waals surface area contributed by atoms with Crippen LogP contribution < -0.4 is 10.0 Å². The van der Waals surface area contributed by atoms with E-state index in [0.717, 1.165) is 36.8 Å². The van der Waals surface area contributed by atoms with Gasteiger partial charge in [-0.1, -0.05) is 80.1 Å². The van der Waals surface area contributed by atoms with Gasteiger partial charge in [0.05, 0.1) is 4.90 Å². The predicted molar refractivity (Wildman–Crippen MR) is 129 cm³/mol. The SMILES string of the molecule is Cc1cc(C)c(S(=O)(=O)N[C@@H](Cc2ccccc2)C(=O)NC2CCCCCCC2)c(C)c1. The van der Waals surface area contributed by atoms with Gasteiger partial charge < -0.3 is 5.32 Å². The number of nitrogens with one attached hydrogen (secondary N) is 2. The number of amides is 1. The molecule has 3 rings (SSSR count). The molecule has 1 atom stereocenters. The van der Waals surface area contributed by atoms with Gasteiger partial charge >= 0.3 is 0 Å². The Hall–Kier alpha value is -2.18. The van der Waals surface area contributed by atoms with E-state index in [2.05, 4.69) is 10.0 Å². The highest BCUT2D eigenvalue weighted by Gasteiger charge is 2.29. The Kier molecular flexibility index (Phi) is 8.49. The molecule has 0 aliphatic heterocycles. The average Bonchev–Trinajstić information content (AvgIpc) is 2.69. The maximum atomic E-state index is 13.4. The van der Waals surface area contributed by atoms with Crippen LogP contribution in [0.5, 0.6) is 0 Å². The Labute approximate surface area is 193 Å². The number of carbonyl (C=O) groups is 1. The lowest BCUT2D eigenvalue weighted by molar-refractivity contribution is -0.123. The van der Waals surface area contributed by atoms with Crippen LogP contribution in [0.15, 0.2) is 47.4 Å². The van der Waals surface area contributed by atoms with Crippen molar-refractivity contribution in [1.29, 1.82) is 0 Å². The van der Waals surface area contributed by atoms with Crippen molar-refractivity contribution in [2.45, 2.75) is 89.1 Å². The molecule has 5 nitrogen and oxygen atoms in total. The second-order valence-corrected chi connectivity index (χ2v) is 10.8. The summed E-state index contributed by atoms with van der Waals surface area (Å²) in [7, 11) is -3.87. The Morgan fingerprint density at radius 1 is 0.938 bits per heavy atom. The first-order valence-electron chi connectivity index (χ1n) is 11.7. The van der Waals surface area contributed by atoms with E-state index in [9.17, 15) is 13.2 Å². The molecule has 1 amide bonds. The van der Waals surface area contributed by atoms with Gasteiger partial charge in [0, 0.05) is 6.04 Å². The highest BCUT2D eigenvalue weighted by Crippen LogP contribution is 2.23. The van der Waals surface area contributed by atoms with E-state index in [1.165, 1.54) is 19.3 Å². The number of rotatable bonds is 7. The van der Waals surface area contributed by atoms with Crippen LogP contribution in [0.3, 0.4) is 0 Å². The molecule has 1 fully saturated rings. The molecule has 0 heterocycles. The Morgan fingerprint density at radius 2 is 1.50 bits per heavy atom. The van der Waals surface area contributed by atoms with Gasteiger partial charge in [0.15, 0.2) is 0 Å². The average molecular weight is 457 g/mol. The summed E-state index contributed by atoms with van der Waals surface area (Å²) in [5.74, 6) is -0.245. The third kappa shape index (κ3) is 6.66. The molecule has 1 aliphatic rings. The van der Waals surface area contributed by atoms with Gasteiger partial charge in [-0.25, -0.2) is 8.42 Å². The lowest BCUT2D eigenvalue weighted by atomic mass is 9.96. The molecule has 32 heavy (non-hydrogen) atoms. The second-order valence-electron chi connectivity index (χ2n) is 9.14. The number of sulfonamides is 1. The van der Waals surface area contributed by atoms with Crippen LogP contribution in [0, 0.1) is 20.8 Å². The molecule has 2 aromatic rings. The lowest BCUT2D eigenvalue weighted by Crippen LogP contribution is -2.50. The van der Waals surface area contributed by atoms with Gasteiger partial charge in [-0.3, -0.25) is 4.79 Å². The minimum atomic E-state index is -3.87. The highest BCUT2D eigenvalue weighted by molar-refractivity contribution is 7.89. The van der Waals surface area contributed by atoms with Crippen LogP contribution in [0.1, 0.15) is 67.2 Å². The Balaban J connectivity index is 1.84. The van der Waals surface area contributed by atoms with Crippen LogP contribution >= 0.6 is 0 Å². The standard InChI is InChI=1S/C26H36N2O3S/c1-19-16-20(2)25(21(3)17-19)32(30,31)28-24(18-22-12-8-7-9-13-22)26(29)27-23-14-10-5-4-6-11-15-23/h7-9,12-13,16-17,23-24,28H,4-6,10-11,14-15,18H2,1-3H3,(H,27,29)/t24-/m0/s1. The van der Waals surface area contributed by atoms with E-state index in [4.69, 9.17) is 0 Å². The van der Waals surface area contributed by atoms with Crippen molar-refractivity contribution in [1.82, 2.24) is 10.0 Å². The van der Waals surface area contributed by atoms with Crippen molar-refractivity contribution in [3.63, 3.8) is 0 Å². The number of aryl methyl sites for hydroxylation is 3. The second kappa shape index (κ2) is 11.1. The first-order valence-corrected chi connectivity index (χ1v) is 13.2. The van der Waals surface area contributed by atoms with Crippen LogP contribution in [0.2, 0.25) is 0 Å². The smallest absolute Gasteiger partial charge is 0.241 e. The molecule has 0 saturated heterocycles. The Bertz CT molecular complexity index is 988. The van der Waals surface area contributed by atoms with Crippen molar-refractivity contribution in [3.8, 4) is 0 Å². The van der Waals surface area contributed by atoms with Gasteiger partial charge in [0.1, 0.15) is 6.04 Å². The first-order chi connectivity index (χ1) is 15.3. The molecule has 1 aliphatic carbocycles. The first kappa shape index (κ1) is 24.5. The summed E-state index contributed by atoms with van der Waals surface area (Å²) in [6, 6.07) is 12.5. The fourth-order valence-electron chi connectivity index (χ4n) is 4.78. The number of hydrogen-bond donors (Lipinski definition) is 2. The van der Waals surface area contributed by atoms with E-state index in [1.54, 1.807) is 13.8 Å². The van der Waals surface area contributed by atoms with Crippen LogP contribution in [0.4, 0.5) is 0 Å². The zero-order valence-electron chi connectivity index (χ0n) is 19.5. The topological polar surface area (TPSA) is 75.3 Å². The summed E-state index contributed by atoms with van der Waals surface area (Å²) in [6.07, 6.45) is 8.05. The quantitative estimate of drug-likeness (QED) is 0.632. The monoisotopic (exact) mass is 456 g/mol. The van der Waals surface area contributed by atoms with Crippen molar-refractivity contribution in [3.05, 3.63) is 64.7 Å². The molecule has 0 spiro atoms. The summed E-state index contributed by atoms with van der Waals surface area (Å²) < 4.78 is 29.5. The predicted octanol–water partition coefficient (Wildman–Crippen LogP) is 4.73. The fraction of sp³-hybridized carbons (Fsp3) is 0.500. The van der Waals surface area contributed by atoms with Gasteiger partial charge in [0.25, 0.3) is 0 Å². The van der Waals surface area contributed by atoms with E-state index in [1.807, 2.05) is 49.4 Å². The fourth-order valence-corrected chi connectivity index (χ4v) is 6.43. The van der Waals surface area contributed by atoms with Crippen molar-refractivity contribution < 1.29 is 13.2 Å². The van der Waals surface area contributed by atoms with Crippen LogP contribution in [0.25, 0.3) is 0 Å². The third-order valence-electron chi connectivity index (χ3n) is 6.22. The minimum absolute atomic E-state index is 0.105. The summed E-state index contributed by atoms with van der Waals surface area (Å²) >= 11 is 0. The molecule has 0 aromatic heterocycles. The van der Waals surface area contributed by atoms with Gasteiger partial charge in [-0.05, 0) is 56.7 Å². The molecule has 174 valence electrons. The summed E-state index contributed by atoms with van der Waals surface area (Å²) in [5, 5.41) is 3.15. The molecule has 6 heteroatoms. The van der Waals surface area contributed by atoms with E-state index < -0.39 is 16.1 Å². The summed E-state index contributed by atoms with van der Waals surface area (Å²) in [5.41, 5.74) is 3.31. The molecule has 1 saturated carbocycles. The van der Waals surface area contributed by atoms with Gasteiger partial charge in [0.2, 0.25) is 15.9 Å². The highest BCUT2D eigenvalue weighted by atomic mass is 32.2. The van der Waals surface area contributed by atoms with Crippen molar-refractivity contribution in [2.75, 3.05) is 0 Å². The lowest BCUT2D eigenvalue weighted by Gasteiger charge is -2.25. The van der Waals surface area contributed by atoms with E-state index >= 15 is 0 Å². The summed E-state index contributed by atoms with van der Waals surface area (Å²) in [4.78, 5) is 13.6. The van der Waals surface area contributed by atoms with E-state index in [0.29, 0.717) is 17.5 Å². The number of hydrogen-bond acceptors (Lipinski definition) is 3. The largest absolute Gasteiger partial charge is 0.352 e. The number of carbonyl (C=O) groups excluding carboxylic acids is 1. The van der Waals surface area contributed by atoms with Crippen LogP contribution in [-0.4, -0.2) is 26.4 Å². The maximum Gasteiger partial charge on any atom is 0.241 e. The zero-order valence-corrected chi connectivity index (χ0v) is 20.3. The maximum absolute atomic E-state index is 13.4. The third-order valence-corrected chi connectivity index (χ3v) is 8.00. The molecule has 2 N–H and O–H groups in total. The zero-order chi connectivity index (χ0) is 23.1. The summed E-state index contributed by atoms with van der Waals surface area (Å²) in [6.45, 7) is 5.55. The molecular formula is C26H36N2O3S. The van der Waals surface area contributed by atoms with E-state index in [-0.39, 0.29) is 16.8 Å². The number of benzene rings is 2. The molecule has 0 radical (unpaired) electrons. The van der Waals surface area contributed by atoms with Gasteiger partial charge in [-0.15, -0.1) is 0 Å². The minimum Gasteiger partial charge on any atom is -0.352 e.